The molecule has 8 nitrogen and oxygen atoms in total. The van der Waals surface area contributed by atoms with E-state index in [0.717, 1.165) is 36.2 Å². The third-order valence-corrected chi connectivity index (χ3v) is 5.20. The number of nitrogens with zero attached hydrogens (tertiary/aromatic N) is 2. The van der Waals surface area contributed by atoms with Gasteiger partial charge in [0.15, 0.2) is 0 Å². The average molecular weight is 369 g/mol. The summed E-state index contributed by atoms with van der Waals surface area (Å²) >= 11 is 0. The van der Waals surface area contributed by atoms with E-state index in [0.29, 0.717) is 13.1 Å². The third-order valence-electron chi connectivity index (χ3n) is 5.20. The van der Waals surface area contributed by atoms with Crippen LogP contribution in [-0.2, 0) is 11.2 Å². The third kappa shape index (κ3) is 3.29. The number of nitrogens with one attached hydrogen (secondary N) is 2. The van der Waals surface area contributed by atoms with Gasteiger partial charge in [-0.2, -0.15) is 0 Å². The van der Waals surface area contributed by atoms with Crippen LogP contribution in [-0.4, -0.2) is 42.8 Å². The van der Waals surface area contributed by atoms with Gasteiger partial charge in [0.25, 0.3) is 0 Å². The van der Waals surface area contributed by atoms with Crippen molar-refractivity contribution in [3.8, 4) is 0 Å². The fourth-order valence-corrected chi connectivity index (χ4v) is 3.88. The van der Waals surface area contributed by atoms with Crippen molar-refractivity contribution in [3.63, 3.8) is 0 Å². The summed E-state index contributed by atoms with van der Waals surface area (Å²) in [5.74, 6) is 0. The molecular formula is C19H23N5O3. The molecule has 142 valence electrons. The van der Waals surface area contributed by atoms with Crippen molar-refractivity contribution in [2.24, 2.45) is 10.9 Å². The van der Waals surface area contributed by atoms with Crippen LogP contribution < -0.4 is 21.5 Å². The largest absolute Gasteiger partial charge is 0.443 e. The number of cyclic esters (lactones) is 1. The number of benzene rings is 1. The Labute approximate surface area is 157 Å². The zero-order chi connectivity index (χ0) is 18.8. The van der Waals surface area contributed by atoms with E-state index in [4.69, 9.17) is 15.7 Å². The molecule has 27 heavy (non-hydrogen) atoms. The number of anilines is 1. The molecular weight excluding hydrogens is 346 g/mol. The van der Waals surface area contributed by atoms with E-state index in [1.54, 1.807) is 11.0 Å². The molecule has 1 aromatic rings. The van der Waals surface area contributed by atoms with Crippen LogP contribution >= 0.6 is 0 Å². The number of hydrogen-bond acceptors (Lipinski definition) is 7. The SMILES string of the molecule is NCC1CN(c2ccc3c(c2)CCCC2=C3NNC2/C=C/C=N\O)C(=O)O1. The van der Waals surface area contributed by atoms with Crippen molar-refractivity contribution in [1.82, 2.24) is 10.9 Å². The topological polar surface area (TPSA) is 112 Å². The number of carbonyl (C=O) groups is 1. The number of rotatable bonds is 4. The van der Waals surface area contributed by atoms with Gasteiger partial charge in [-0.1, -0.05) is 17.3 Å². The molecule has 4 rings (SSSR count). The summed E-state index contributed by atoms with van der Waals surface area (Å²) in [5, 5.41) is 11.5. The summed E-state index contributed by atoms with van der Waals surface area (Å²) in [6.45, 7) is 0.816. The normalized spacial score (nSPS) is 24.9. The van der Waals surface area contributed by atoms with Gasteiger partial charge in [0.2, 0.25) is 0 Å². The lowest BCUT2D eigenvalue weighted by atomic mass is 9.99. The number of hydrazine groups is 1. The predicted octanol–water partition coefficient (Wildman–Crippen LogP) is 1.51. The maximum atomic E-state index is 12.1. The van der Waals surface area contributed by atoms with Crippen molar-refractivity contribution in [1.29, 1.82) is 0 Å². The highest BCUT2D eigenvalue weighted by Gasteiger charge is 2.32. The van der Waals surface area contributed by atoms with Gasteiger partial charge in [-0.25, -0.2) is 10.2 Å². The number of ether oxygens (including phenoxy) is 1. The van der Waals surface area contributed by atoms with E-state index in [1.165, 1.54) is 17.4 Å². The van der Waals surface area contributed by atoms with E-state index in [9.17, 15) is 4.79 Å². The Hall–Kier alpha value is -2.84. The zero-order valence-electron chi connectivity index (χ0n) is 14.9. The Bertz CT molecular complexity index is 833. The van der Waals surface area contributed by atoms with Crippen molar-refractivity contribution < 1.29 is 14.7 Å². The first kappa shape index (κ1) is 17.6. The number of nitrogens with two attached hydrogens (primary N) is 1. The smallest absolute Gasteiger partial charge is 0.414 e. The van der Waals surface area contributed by atoms with Crippen LogP contribution in [0.5, 0.6) is 0 Å². The second-order valence-electron chi connectivity index (χ2n) is 6.84. The summed E-state index contributed by atoms with van der Waals surface area (Å²) in [7, 11) is 0. The Morgan fingerprint density at radius 1 is 1.41 bits per heavy atom. The van der Waals surface area contributed by atoms with E-state index in [-0.39, 0.29) is 18.2 Å². The number of hydrogen-bond donors (Lipinski definition) is 4. The minimum atomic E-state index is -0.338. The molecule has 1 saturated heterocycles. The van der Waals surface area contributed by atoms with Gasteiger partial charge < -0.3 is 21.1 Å². The summed E-state index contributed by atoms with van der Waals surface area (Å²) in [4.78, 5) is 13.8. The van der Waals surface area contributed by atoms with E-state index < -0.39 is 0 Å². The van der Waals surface area contributed by atoms with E-state index >= 15 is 0 Å². The molecule has 1 amide bonds. The molecule has 2 atom stereocenters. The van der Waals surface area contributed by atoms with Crippen molar-refractivity contribution >= 4 is 23.7 Å². The van der Waals surface area contributed by atoms with Gasteiger partial charge in [0, 0.05) is 17.8 Å². The van der Waals surface area contributed by atoms with E-state index in [2.05, 4.69) is 28.1 Å². The van der Waals surface area contributed by atoms with Crippen LogP contribution in [0.3, 0.4) is 0 Å². The first-order valence-corrected chi connectivity index (χ1v) is 9.11. The first-order valence-electron chi connectivity index (χ1n) is 9.11. The highest BCUT2D eigenvalue weighted by molar-refractivity contribution is 5.90. The fourth-order valence-electron chi connectivity index (χ4n) is 3.88. The summed E-state index contributed by atoms with van der Waals surface area (Å²) < 4.78 is 5.27. The lowest BCUT2D eigenvalue weighted by Crippen LogP contribution is -2.31. The van der Waals surface area contributed by atoms with Crippen molar-refractivity contribution in [2.45, 2.75) is 31.4 Å². The summed E-state index contributed by atoms with van der Waals surface area (Å²) in [6, 6.07) is 6.15. The number of allylic oxidation sites excluding steroid dienone is 1. The Balaban J connectivity index is 1.63. The molecule has 2 unspecified atom stereocenters. The highest BCUT2D eigenvalue weighted by Crippen LogP contribution is 2.35. The van der Waals surface area contributed by atoms with Gasteiger partial charge in [0.1, 0.15) is 6.10 Å². The molecule has 1 aromatic carbocycles. The molecule has 2 heterocycles. The van der Waals surface area contributed by atoms with Crippen molar-refractivity contribution in [3.05, 3.63) is 47.1 Å². The number of amides is 1. The molecule has 8 heteroatoms. The zero-order valence-corrected chi connectivity index (χ0v) is 14.9. The molecule has 0 radical (unpaired) electrons. The van der Waals surface area contributed by atoms with Gasteiger partial charge in [-0.3, -0.25) is 4.90 Å². The molecule has 0 spiro atoms. The molecule has 5 N–H and O–H groups in total. The molecule has 1 fully saturated rings. The molecule has 0 aromatic heterocycles. The Morgan fingerprint density at radius 3 is 3.07 bits per heavy atom. The van der Waals surface area contributed by atoms with Crippen LogP contribution in [0.1, 0.15) is 24.0 Å². The second-order valence-corrected chi connectivity index (χ2v) is 6.84. The quantitative estimate of drug-likeness (QED) is 0.364. The maximum absolute atomic E-state index is 12.1. The lowest BCUT2D eigenvalue weighted by Gasteiger charge is -2.17. The minimum absolute atomic E-state index is 0.0579. The highest BCUT2D eigenvalue weighted by atomic mass is 16.6. The first-order chi connectivity index (χ1) is 13.2. The second kappa shape index (κ2) is 7.42. The van der Waals surface area contributed by atoms with Crippen LogP contribution in [0.25, 0.3) is 5.70 Å². The average Bonchev–Trinajstić information content (AvgIpc) is 3.20. The molecule has 2 aliphatic heterocycles. The van der Waals surface area contributed by atoms with E-state index in [1.807, 2.05) is 12.1 Å². The molecule has 0 saturated carbocycles. The summed E-state index contributed by atoms with van der Waals surface area (Å²) in [5.41, 5.74) is 17.8. The van der Waals surface area contributed by atoms with Crippen LogP contribution in [0.15, 0.2) is 41.1 Å². The Morgan fingerprint density at radius 2 is 2.30 bits per heavy atom. The van der Waals surface area contributed by atoms with Gasteiger partial charge in [-0.05, 0) is 48.6 Å². The fraction of sp³-hybridized carbons (Fsp3) is 0.368. The van der Waals surface area contributed by atoms with Gasteiger partial charge in [-0.15, -0.1) is 0 Å². The number of fused-ring (bicyclic) bond motifs is 2. The Kier molecular flexibility index (Phi) is 4.83. The maximum Gasteiger partial charge on any atom is 0.414 e. The lowest BCUT2D eigenvalue weighted by molar-refractivity contribution is 0.145. The molecule has 0 bridgehead atoms. The van der Waals surface area contributed by atoms with Crippen LogP contribution in [0, 0.1) is 0 Å². The van der Waals surface area contributed by atoms with Gasteiger partial charge in [0.05, 0.1) is 24.5 Å². The predicted molar refractivity (Wildman–Crippen MR) is 102 cm³/mol. The number of carbonyl (C=O) groups excluding carboxylic acids is 1. The number of oxime groups is 1. The number of aryl methyl sites for hydroxylation is 1. The monoisotopic (exact) mass is 369 g/mol. The molecule has 3 aliphatic rings. The van der Waals surface area contributed by atoms with Crippen LogP contribution in [0.2, 0.25) is 0 Å². The minimum Gasteiger partial charge on any atom is -0.443 e. The standard InChI is InChI=1S/C19H23N5O3/c20-10-14-11-24(19(25)27-14)13-6-7-15-12(9-13)3-1-4-16-17(5-2-8-21-26)22-23-18(15)16/h2,5-9,14,17,22-23,26H,1,3-4,10-11,20H2/b5-2+,21-8-. The van der Waals surface area contributed by atoms with Crippen LogP contribution in [0.4, 0.5) is 10.5 Å². The molecule has 1 aliphatic carbocycles. The summed E-state index contributed by atoms with van der Waals surface area (Å²) in [6.07, 6.45) is 7.37. The van der Waals surface area contributed by atoms with Gasteiger partial charge >= 0.3 is 6.09 Å². The van der Waals surface area contributed by atoms with Crippen molar-refractivity contribution in [2.75, 3.05) is 18.0 Å².